The van der Waals surface area contributed by atoms with Crippen molar-refractivity contribution in [1.82, 2.24) is 4.90 Å². The minimum absolute atomic E-state index is 0.133. The summed E-state index contributed by atoms with van der Waals surface area (Å²) in [7, 11) is 0. The van der Waals surface area contributed by atoms with Crippen LogP contribution in [0.3, 0.4) is 0 Å². The number of β-amino-alcohol motifs (C(OH)–C–C–N with tert-alkyl or cyclic N) is 1. The van der Waals surface area contributed by atoms with E-state index >= 15 is 0 Å². The molecule has 2 rings (SSSR count). The zero-order valence-corrected chi connectivity index (χ0v) is 14.0. The number of aliphatic hydroxyl groups is 1. The summed E-state index contributed by atoms with van der Waals surface area (Å²) in [6.07, 6.45) is 4.73. The first kappa shape index (κ1) is 18.9. The Hall–Kier alpha value is -1.14. The van der Waals surface area contributed by atoms with E-state index in [-0.39, 0.29) is 6.10 Å². The molecule has 3 N–H and O–H groups in total. The molecule has 0 radical (unpaired) electrons. The van der Waals surface area contributed by atoms with Crippen LogP contribution in [0.1, 0.15) is 53.4 Å². The lowest BCUT2D eigenvalue weighted by Crippen LogP contribution is -2.37. The third-order valence-corrected chi connectivity index (χ3v) is 4.62. The summed E-state index contributed by atoms with van der Waals surface area (Å²) < 4.78 is 0. The van der Waals surface area contributed by atoms with Gasteiger partial charge in [0, 0.05) is 19.1 Å². The van der Waals surface area contributed by atoms with Crippen molar-refractivity contribution in [2.24, 2.45) is 10.8 Å². The minimum atomic E-state index is -1.82. The average Bonchev–Trinajstić information content (AvgIpc) is 2.58. The minimum Gasteiger partial charge on any atom is -0.473 e. The molecule has 0 amide bonds. The molecule has 1 aliphatic carbocycles. The van der Waals surface area contributed by atoms with Gasteiger partial charge >= 0.3 is 11.9 Å². The molecule has 1 saturated heterocycles. The number of carboxylic acid groups (broad SMARTS) is 2. The van der Waals surface area contributed by atoms with Crippen LogP contribution in [0.4, 0.5) is 0 Å². The molecule has 2 bridgehead atoms. The van der Waals surface area contributed by atoms with Crippen molar-refractivity contribution < 1.29 is 24.9 Å². The van der Waals surface area contributed by atoms with Crippen molar-refractivity contribution in [2.45, 2.75) is 65.5 Å². The van der Waals surface area contributed by atoms with E-state index in [4.69, 9.17) is 19.8 Å². The number of aliphatic hydroxyl groups excluding tert-OH is 1. The van der Waals surface area contributed by atoms with E-state index in [2.05, 4.69) is 32.6 Å². The highest BCUT2D eigenvalue weighted by Gasteiger charge is 2.49. The van der Waals surface area contributed by atoms with E-state index in [0.717, 1.165) is 19.0 Å². The summed E-state index contributed by atoms with van der Waals surface area (Å²) in [5.74, 6) is -3.65. The lowest BCUT2D eigenvalue weighted by molar-refractivity contribution is -0.159. The molecule has 3 unspecified atom stereocenters. The fraction of sp³-hybridized carbons (Fsp3) is 0.875. The fourth-order valence-electron chi connectivity index (χ4n) is 4.19. The third kappa shape index (κ3) is 5.25. The number of hydrogen-bond acceptors (Lipinski definition) is 4. The van der Waals surface area contributed by atoms with E-state index in [9.17, 15) is 5.11 Å². The number of aliphatic carboxylic acids is 2. The van der Waals surface area contributed by atoms with Crippen LogP contribution in [0, 0.1) is 10.8 Å². The lowest BCUT2D eigenvalue weighted by Gasteiger charge is -2.40. The predicted octanol–water partition coefficient (Wildman–Crippen LogP) is 1.81. The van der Waals surface area contributed by atoms with Gasteiger partial charge in [-0.05, 0) is 36.5 Å². The standard InChI is InChI=1S/C14H27NO.C2H2O4/c1-5-12(16)8-15-10-14(4)7-11(15)6-13(2,3)9-14;3-1(4)2(5)6/h11-12,16H,5-10H2,1-4H3;(H,3,4)(H,5,6). The summed E-state index contributed by atoms with van der Waals surface area (Å²) in [5, 5.41) is 24.6. The Morgan fingerprint density at radius 3 is 2.18 bits per heavy atom. The molecule has 0 spiro atoms. The van der Waals surface area contributed by atoms with Gasteiger partial charge in [-0.2, -0.15) is 0 Å². The summed E-state index contributed by atoms with van der Waals surface area (Å²) in [5.41, 5.74) is 0.990. The predicted molar refractivity (Wildman–Crippen MR) is 82.7 cm³/mol. The molecule has 6 nitrogen and oxygen atoms in total. The highest BCUT2D eigenvalue weighted by molar-refractivity contribution is 6.27. The molecular formula is C16H29NO5. The van der Waals surface area contributed by atoms with Crippen LogP contribution in [-0.2, 0) is 9.59 Å². The number of carbonyl (C=O) groups is 2. The van der Waals surface area contributed by atoms with Crippen LogP contribution in [0.25, 0.3) is 0 Å². The zero-order valence-electron chi connectivity index (χ0n) is 14.0. The van der Waals surface area contributed by atoms with Crippen molar-refractivity contribution in [3.8, 4) is 0 Å². The second-order valence-corrected chi connectivity index (χ2v) is 7.82. The van der Waals surface area contributed by atoms with Crippen molar-refractivity contribution in [1.29, 1.82) is 0 Å². The lowest BCUT2D eigenvalue weighted by atomic mass is 9.65. The molecule has 1 saturated carbocycles. The molecule has 128 valence electrons. The van der Waals surface area contributed by atoms with Crippen molar-refractivity contribution >= 4 is 11.9 Å². The van der Waals surface area contributed by atoms with Crippen molar-refractivity contribution in [3.05, 3.63) is 0 Å². The first-order valence-electron chi connectivity index (χ1n) is 7.86. The molecule has 0 aromatic heterocycles. The van der Waals surface area contributed by atoms with Crippen LogP contribution in [0.15, 0.2) is 0 Å². The Morgan fingerprint density at radius 2 is 1.73 bits per heavy atom. The fourth-order valence-corrected chi connectivity index (χ4v) is 4.19. The van der Waals surface area contributed by atoms with Crippen LogP contribution in [0.5, 0.6) is 0 Å². The maximum Gasteiger partial charge on any atom is 0.414 e. The topological polar surface area (TPSA) is 98.1 Å². The molecule has 0 aromatic rings. The number of nitrogens with zero attached hydrogens (tertiary/aromatic N) is 1. The highest BCUT2D eigenvalue weighted by atomic mass is 16.4. The molecule has 3 atom stereocenters. The van der Waals surface area contributed by atoms with E-state index in [1.807, 2.05) is 0 Å². The van der Waals surface area contributed by atoms with Crippen molar-refractivity contribution in [3.63, 3.8) is 0 Å². The second-order valence-electron chi connectivity index (χ2n) is 7.82. The normalized spacial score (nSPS) is 31.0. The largest absolute Gasteiger partial charge is 0.473 e. The van der Waals surface area contributed by atoms with Gasteiger partial charge in [-0.25, -0.2) is 9.59 Å². The van der Waals surface area contributed by atoms with Gasteiger partial charge in [0.05, 0.1) is 6.10 Å². The third-order valence-electron chi connectivity index (χ3n) is 4.62. The van der Waals surface area contributed by atoms with Gasteiger partial charge in [-0.3, -0.25) is 4.90 Å². The van der Waals surface area contributed by atoms with Gasteiger partial charge < -0.3 is 15.3 Å². The van der Waals surface area contributed by atoms with Gasteiger partial charge in [0.25, 0.3) is 0 Å². The van der Waals surface area contributed by atoms with E-state index in [1.165, 1.54) is 25.8 Å². The SMILES string of the molecule is CCC(O)CN1CC2(C)CC1CC(C)(C)C2.O=C(O)C(=O)O. The Kier molecular flexibility index (Phi) is 5.98. The zero-order chi connectivity index (χ0) is 17.1. The summed E-state index contributed by atoms with van der Waals surface area (Å²) in [4.78, 5) is 20.7. The molecule has 2 fully saturated rings. The summed E-state index contributed by atoms with van der Waals surface area (Å²) >= 11 is 0. The Bertz CT molecular complexity index is 411. The summed E-state index contributed by atoms with van der Waals surface area (Å²) in [6.45, 7) is 11.4. The summed E-state index contributed by atoms with van der Waals surface area (Å²) in [6, 6.07) is 0.718. The van der Waals surface area contributed by atoms with Gasteiger partial charge in [0.15, 0.2) is 0 Å². The molecule has 1 aliphatic heterocycles. The smallest absolute Gasteiger partial charge is 0.414 e. The Labute approximate surface area is 132 Å². The maximum absolute atomic E-state index is 9.81. The number of fused-ring (bicyclic) bond motifs is 2. The van der Waals surface area contributed by atoms with Crippen LogP contribution in [-0.4, -0.2) is 57.4 Å². The average molecular weight is 315 g/mol. The van der Waals surface area contributed by atoms with E-state index in [0.29, 0.717) is 10.8 Å². The molecule has 2 aliphatic rings. The Balaban J connectivity index is 0.000000346. The quantitative estimate of drug-likeness (QED) is 0.687. The molecule has 22 heavy (non-hydrogen) atoms. The van der Waals surface area contributed by atoms with E-state index < -0.39 is 11.9 Å². The van der Waals surface area contributed by atoms with Crippen molar-refractivity contribution in [2.75, 3.05) is 13.1 Å². The molecule has 1 heterocycles. The molecular weight excluding hydrogens is 286 g/mol. The van der Waals surface area contributed by atoms with Gasteiger partial charge in [-0.15, -0.1) is 0 Å². The first-order valence-corrected chi connectivity index (χ1v) is 7.86. The molecule has 6 heteroatoms. The monoisotopic (exact) mass is 315 g/mol. The van der Waals surface area contributed by atoms with Crippen LogP contribution in [0.2, 0.25) is 0 Å². The number of likely N-dealkylation sites (tertiary alicyclic amines) is 1. The Morgan fingerprint density at radius 1 is 1.18 bits per heavy atom. The molecule has 0 aromatic carbocycles. The van der Waals surface area contributed by atoms with Gasteiger partial charge in [-0.1, -0.05) is 27.7 Å². The first-order chi connectivity index (χ1) is 9.98. The number of rotatable bonds is 3. The highest BCUT2D eigenvalue weighted by Crippen LogP contribution is 2.52. The van der Waals surface area contributed by atoms with E-state index in [1.54, 1.807) is 0 Å². The number of carboxylic acids is 2. The van der Waals surface area contributed by atoms with Gasteiger partial charge in [0.1, 0.15) is 0 Å². The second kappa shape index (κ2) is 6.96. The van der Waals surface area contributed by atoms with Gasteiger partial charge in [0.2, 0.25) is 0 Å². The van der Waals surface area contributed by atoms with Crippen LogP contribution < -0.4 is 0 Å². The number of hydrogen-bond donors (Lipinski definition) is 3. The van der Waals surface area contributed by atoms with Crippen LogP contribution >= 0.6 is 0 Å². The maximum atomic E-state index is 9.81.